The van der Waals surface area contributed by atoms with Crippen molar-refractivity contribution in [3.05, 3.63) is 126 Å². The Labute approximate surface area is 262 Å². The van der Waals surface area contributed by atoms with Crippen LogP contribution in [0.5, 0.6) is 0 Å². The van der Waals surface area contributed by atoms with E-state index in [-0.39, 0.29) is 67.9 Å². The quantitative estimate of drug-likeness (QED) is 0.213. The zero-order valence-corrected chi connectivity index (χ0v) is 26.1. The molecule has 3 aliphatic carbocycles. The normalized spacial score (nSPS) is 18.7. The number of hydrogen-bond acceptors (Lipinski definition) is 1. The van der Waals surface area contributed by atoms with Gasteiger partial charge in [-0.1, -0.05) is 113 Å². The number of amides is 1. The molecule has 2 saturated carbocycles. The van der Waals surface area contributed by atoms with E-state index in [9.17, 15) is 4.79 Å². The van der Waals surface area contributed by atoms with Gasteiger partial charge in [0.2, 0.25) is 0 Å². The van der Waals surface area contributed by atoms with Gasteiger partial charge in [-0.2, -0.15) is 29.8 Å². The van der Waals surface area contributed by atoms with Crippen LogP contribution in [0.3, 0.4) is 0 Å². The third kappa shape index (κ3) is 8.67. The maximum absolute atomic E-state index is 10.7. The van der Waals surface area contributed by atoms with Crippen LogP contribution in [0, 0.1) is 23.8 Å². The molecule has 0 spiro atoms. The van der Waals surface area contributed by atoms with E-state index >= 15 is 0 Å². The van der Waals surface area contributed by atoms with Crippen LogP contribution in [-0.2, 0) is 32.9 Å². The van der Waals surface area contributed by atoms with E-state index < -0.39 is 0 Å². The predicted octanol–water partition coefficient (Wildman–Crippen LogP) is 0.139. The van der Waals surface area contributed by atoms with E-state index in [1.807, 2.05) is 6.07 Å². The molecule has 6 heteroatoms. The minimum atomic E-state index is -0.313. The van der Waals surface area contributed by atoms with Gasteiger partial charge in [0, 0.05) is 5.92 Å². The van der Waals surface area contributed by atoms with Crippen molar-refractivity contribution >= 4 is 25.8 Å². The monoisotopic (exact) mass is 604 g/mol. The van der Waals surface area contributed by atoms with Crippen LogP contribution < -0.4 is 35.2 Å². The number of carbonyl (C=O) groups is 1. The second kappa shape index (κ2) is 16.2. The van der Waals surface area contributed by atoms with Crippen molar-refractivity contribution in [2.24, 2.45) is 17.8 Å². The van der Waals surface area contributed by atoms with Crippen LogP contribution in [-0.4, -0.2) is 15.4 Å². The summed E-state index contributed by atoms with van der Waals surface area (Å²) in [6.45, 7) is 0. The molecule has 1 N–H and O–H groups in total. The molecule has 3 unspecified atom stereocenters. The summed E-state index contributed by atoms with van der Waals surface area (Å²) in [5.74, 6) is 1.20. The van der Waals surface area contributed by atoms with Gasteiger partial charge < -0.3 is 35.3 Å². The molecule has 2 nitrogen and oxygen atoms in total. The molecule has 7 rings (SSSR count). The minimum Gasteiger partial charge on any atom is -1.00 e. The van der Waals surface area contributed by atoms with Crippen LogP contribution in [0.15, 0.2) is 103 Å². The molecule has 4 aromatic carbocycles. The predicted molar refractivity (Wildman–Crippen MR) is 151 cm³/mol. The standard InChI is InChI=1S/C13H9.C12H11Si.C8H13NO.2ClH.Ti/c1-3-7-12-10(5-1)9-11-6-2-4-8-13(11)12;1-3-7-11(8-4-1)13-12-9-5-2-6-10-12;9-8(10)7-4-5-1-2-6(7)3-5;;;/h1-5,7-8H,9H2;1-10,13H;5-7H,1-4H2,(H2,9,10);2*1H;/q-1;;;;;+4/p-3. The van der Waals surface area contributed by atoms with E-state index in [0.717, 1.165) is 18.8 Å². The largest absolute Gasteiger partial charge is 4.00 e. The summed E-state index contributed by atoms with van der Waals surface area (Å²) in [6, 6.07) is 39.4. The summed E-state index contributed by atoms with van der Waals surface area (Å²) in [5.41, 5.74) is 12.5. The minimum absolute atomic E-state index is 0. The van der Waals surface area contributed by atoms with Crippen LogP contribution in [0.1, 0.15) is 36.8 Å². The van der Waals surface area contributed by atoms with E-state index in [1.165, 1.54) is 51.9 Å². The number of benzene rings is 4. The summed E-state index contributed by atoms with van der Waals surface area (Å²) < 4.78 is 0. The van der Waals surface area contributed by atoms with Crippen molar-refractivity contribution in [2.45, 2.75) is 32.1 Å². The van der Waals surface area contributed by atoms with Gasteiger partial charge in [-0.05, 0) is 37.5 Å². The molecule has 4 aromatic rings. The number of carbonyl (C=O) groups excluding carboxylic acids is 1. The Morgan fingerprint density at radius 3 is 1.87 bits per heavy atom. The molecule has 197 valence electrons. The Bertz CT molecular complexity index is 1220. The number of fused-ring (bicyclic) bond motifs is 5. The average Bonchev–Trinajstić information content (AvgIpc) is 3.65. The number of hydrogen-bond donors (Lipinski definition) is 0. The Balaban J connectivity index is 0.000000199. The molecular weight excluding hydrogens is 573 g/mol. The molecule has 2 fully saturated rings. The summed E-state index contributed by atoms with van der Waals surface area (Å²) in [7, 11) is 0.271. The molecule has 1 radical (unpaired) electrons. The van der Waals surface area contributed by atoms with Crippen molar-refractivity contribution in [1.29, 1.82) is 0 Å². The van der Waals surface area contributed by atoms with Gasteiger partial charge in [0.05, 0.1) is 5.91 Å². The van der Waals surface area contributed by atoms with Gasteiger partial charge >= 0.3 is 21.7 Å². The van der Waals surface area contributed by atoms with Crippen molar-refractivity contribution in [3.63, 3.8) is 0 Å². The van der Waals surface area contributed by atoms with Gasteiger partial charge in [-0.3, -0.25) is 0 Å². The number of nitrogens with one attached hydrogen (secondary N) is 1. The molecule has 3 aliphatic rings. The second-order valence-electron chi connectivity index (χ2n) is 10.0. The van der Waals surface area contributed by atoms with Gasteiger partial charge in [0.1, 0.15) is 9.52 Å². The summed E-state index contributed by atoms with van der Waals surface area (Å²) in [4.78, 5) is 10.7. The van der Waals surface area contributed by atoms with E-state index in [4.69, 9.17) is 5.73 Å². The molecule has 0 heterocycles. The Morgan fingerprint density at radius 2 is 1.33 bits per heavy atom. The topological polar surface area (TPSA) is 40.9 Å². The van der Waals surface area contributed by atoms with Crippen molar-refractivity contribution < 1.29 is 51.3 Å². The smallest absolute Gasteiger partial charge is 1.00 e. The van der Waals surface area contributed by atoms with Gasteiger partial charge in [-0.15, -0.1) is 5.56 Å². The maximum atomic E-state index is 10.7. The zero-order chi connectivity index (χ0) is 24.7. The summed E-state index contributed by atoms with van der Waals surface area (Å²) in [5, 5.41) is 2.90. The maximum Gasteiger partial charge on any atom is 4.00 e. The van der Waals surface area contributed by atoms with E-state index in [2.05, 4.69) is 103 Å². The summed E-state index contributed by atoms with van der Waals surface area (Å²) in [6.07, 6.45) is 5.82. The number of halogens is 2. The van der Waals surface area contributed by atoms with Gasteiger partial charge in [0.15, 0.2) is 0 Å². The molecule has 2 bridgehead atoms. The average molecular weight is 605 g/mol. The molecule has 3 atom stereocenters. The van der Waals surface area contributed by atoms with Crippen LogP contribution in [0.2, 0.25) is 0 Å². The molecule has 0 aromatic heterocycles. The third-order valence-electron chi connectivity index (χ3n) is 7.62. The fourth-order valence-electron chi connectivity index (χ4n) is 5.85. The fourth-order valence-corrected chi connectivity index (χ4v) is 7.07. The Kier molecular flexibility index (Phi) is 13.7. The third-order valence-corrected chi connectivity index (χ3v) is 9.06. The molecule has 39 heavy (non-hydrogen) atoms. The number of rotatable bonds is 3. The first-order chi connectivity index (χ1) is 17.7. The molecule has 0 aliphatic heterocycles. The molecular formula is C33H32Cl2NOSiTi. The van der Waals surface area contributed by atoms with Crippen molar-refractivity contribution in [1.82, 2.24) is 0 Å². The van der Waals surface area contributed by atoms with Crippen molar-refractivity contribution in [3.8, 4) is 11.1 Å². The first-order valence-electron chi connectivity index (χ1n) is 13.0. The fraction of sp³-hybridized carbons (Fsp3) is 0.242. The first-order valence-corrected chi connectivity index (χ1v) is 14.1. The second-order valence-corrected chi connectivity index (χ2v) is 11.6. The van der Waals surface area contributed by atoms with E-state index in [0.29, 0.717) is 5.92 Å². The molecule has 1 amide bonds. The van der Waals surface area contributed by atoms with Crippen molar-refractivity contribution in [2.75, 3.05) is 0 Å². The molecule has 0 saturated heterocycles. The van der Waals surface area contributed by atoms with Gasteiger partial charge in [0.25, 0.3) is 0 Å². The zero-order valence-electron chi connectivity index (χ0n) is 21.8. The van der Waals surface area contributed by atoms with Crippen LogP contribution in [0.25, 0.3) is 16.9 Å². The first kappa shape index (κ1) is 33.1. The SMILES string of the molecule is [Cl-].[Cl-].[NH-]C(=O)C1CC2CCC1C2.[Ti+4].[c-]1cccc2c1Cc1ccccc1-2.c1ccc([SiH]c2ccccc2)cc1. The van der Waals surface area contributed by atoms with Crippen LogP contribution in [0.4, 0.5) is 0 Å². The summed E-state index contributed by atoms with van der Waals surface area (Å²) >= 11 is 0. The Morgan fingerprint density at radius 1 is 0.744 bits per heavy atom. The van der Waals surface area contributed by atoms with E-state index in [1.54, 1.807) is 0 Å². The Hall–Kier alpha value is -2.14. The van der Waals surface area contributed by atoms with Crippen LogP contribution >= 0.6 is 0 Å². The van der Waals surface area contributed by atoms with Gasteiger partial charge in [-0.25, -0.2) is 0 Å².